The summed E-state index contributed by atoms with van der Waals surface area (Å²) in [5, 5.41) is 2.72. The third kappa shape index (κ3) is 2.69. The standard InChI is InChI=1S/C12H16BrNO4/c1-5-14-12(15)7-6-8(16-2)10(17-3)11(18-4)9(7)13/h6H,5H2,1-4H3,(H,14,15). The van der Waals surface area contributed by atoms with E-state index in [-0.39, 0.29) is 5.91 Å². The van der Waals surface area contributed by atoms with Crippen molar-refractivity contribution in [2.75, 3.05) is 27.9 Å². The molecule has 0 bridgehead atoms. The molecular weight excluding hydrogens is 302 g/mol. The summed E-state index contributed by atoms with van der Waals surface area (Å²) in [6.45, 7) is 2.39. The number of halogens is 1. The van der Waals surface area contributed by atoms with E-state index in [4.69, 9.17) is 14.2 Å². The average Bonchev–Trinajstić information content (AvgIpc) is 2.38. The Morgan fingerprint density at radius 3 is 2.28 bits per heavy atom. The molecule has 0 heterocycles. The van der Waals surface area contributed by atoms with Gasteiger partial charge >= 0.3 is 0 Å². The smallest absolute Gasteiger partial charge is 0.252 e. The van der Waals surface area contributed by atoms with Crippen LogP contribution >= 0.6 is 15.9 Å². The van der Waals surface area contributed by atoms with Gasteiger partial charge in [0, 0.05) is 6.54 Å². The number of methoxy groups -OCH3 is 3. The summed E-state index contributed by atoms with van der Waals surface area (Å²) in [6.07, 6.45) is 0. The Bertz CT molecular complexity index is 448. The summed E-state index contributed by atoms with van der Waals surface area (Å²) in [6, 6.07) is 1.61. The molecule has 0 atom stereocenters. The minimum absolute atomic E-state index is 0.205. The van der Waals surface area contributed by atoms with Gasteiger partial charge in [0.25, 0.3) is 5.91 Å². The van der Waals surface area contributed by atoms with Crippen LogP contribution in [0.2, 0.25) is 0 Å². The first-order valence-electron chi connectivity index (χ1n) is 5.37. The second kappa shape index (κ2) is 6.49. The fourth-order valence-corrected chi connectivity index (χ4v) is 2.18. The van der Waals surface area contributed by atoms with Crippen molar-refractivity contribution < 1.29 is 19.0 Å². The zero-order valence-corrected chi connectivity index (χ0v) is 12.4. The van der Waals surface area contributed by atoms with E-state index < -0.39 is 0 Å². The van der Waals surface area contributed by atoms with Crippen molar-refractivity contribution in [3.05, 3.63) is 16.1 Å². The molecule has 0 spiro atoms. The van der Waals surface area contributed by atoms with Gasteiger partial charge < -0.3 is 19.5 Å². The van der Waals surface area contributed by atoms with Crippen molar-refractivity contribution in [2.24, 2.45) is 0 Å². The third-order valence-electron chi connectivity index (χ3n) is 2.35. The molecule has 0 saturated heterocycles. The van der Waals surface area contributed by atoms with Gasteiger partial charge in [-0.25, -0.2) is 0 Å². The van der Waals surface area contributed by atoms with Crippen molar-refractivity contribution in [3.8, 4) is 17.2 Å². The monoisotopic (exact) mass is 317 g/mol. The highest BCUT2D eigenvalue weighted by atomic mass is 79.9. The van der Waals surface area contributed by atoms with Crippen LogP contribution in [0, 0.1) is 0 Å². The fraction of sp³-hybridized carbons (Fsp3) is 0.417. The Morgan fingerprint density at radius 2 is 1.83 bits per heavy atom. The highest BCUT2D eigenvalue weighted by Gasteiger charge is 2.22. The summed E-state index contributed by atoms with van der Waals surface area (Å²) >= 11 is 3.35. The minimum atomic E-state index is -0.205. The highest BCUT2D eigenvalue weighted by Crippen LogP contribution is 2.44. The first-order chi connectivity index (χ1) is 8.60. The molecule has 6 heteroatoms. The van der Waals surface area contributed by atoms with Crippen LogP contribution in [0.3, 0.4) is 0 Å². The molecule has 0 radical (unpaired) electrons. The Kier molecular flexibility index (Phi) is 5.27. The first kappa shape index (κ1) is 14.6. The molecule has 1 rings (SSSR count). The van der Waals surface area contributed by atoms with Gasteiger partial charge in [0.15, 0.2) is 11.5 Å². The lowest BCUT2D eigenvalue weighted by Crippen LogP contribution is -2.23. The van der Waals surface area contributed by atoms with Crippen molar-refractivity contribution in [1.82, 2.24) is 5.32 Å². The van der Waals surface area contributed by atoms with Gasteiger partial charge in [0.1, 0.15) is 0 Å². The van der Waals surface area contributed by atoms with E-state index in [0.717, 1.165) is 0 Å². The third-order valence-corrected chi connectivity index (χ3v) is 3.14. The number of rotatable bonds is 5. The maximum Gasteiger partial charge on any atom is 0.252 e. The van der Waals surface area contributed by atoms with Crippen LogP contribution in [0.5, 0.6) is 17.2 Å². The summed E-state index contributed by atoms with van der Waals surface area (Å²) in [5.74, 6) is 1.11. The maximum absolute atomic E-state index is 11.9. The predicted molar refractivity (Wildman–Crippen MR) is 71.8 cm³/mol. The SMILES string of the molecule is CCNC(=O)c1cc(OC)c(OC)c(OC)c1Br. The molecule has 1 aromatic carbocycles. The number of carbonyl (C=O) groups is 1. The molecule has 100 valence electrons. The van der Waals surface area contributed by atoms with Crippen molar-refractivity contribution in [1.29, 1.82) is 0 Å². The summed E-state index contributed by atoms with van der Waals surface area (Å²) in [7, 11) is 4.52. The van der Waals surface area contributed by atoms with Gasteiger partial charge in [0.05, 0.1) is 31.4 Å². The fourth-order valence-electron chi connectivity index (χ4n) is 1.54. The summed E-state index contributed by atoms with van der Waals surface area (Å²) in [4.78, 5) is 11.9. The van der Waals surface area contributed by atoms with Gasteiger partial charge in [0.2, 0.25) is 5.75 Å². The van der Waals surface area contributed by atoms with E-state index >= 15 is 0 Å². The van der Waals surface area contributed by atoms with Crippen molar-refractivity contribution in [3.63, 3.8) is 0 Å². The Labute approximate surface area is 115 Å². The number of ether oxygens (including phenoxy) is 3. The van der Waals surface area contributed by atoms with Crippen LogP contribution in [0.4, 0.5) is 0 Å². The Balaban J connectivity index is 3.41. The number of hydrogen-bond donors (Lipinski definition) is 1. The van der Waals surface area contributed by atoms with Crippen LogP contribution in [0.25, 0.3) is 0 Å². The number of benzene rings is 1. The second-order valence-electron chi connectivity index (χ2n) is 3.37. The first-order valence-corrected chi connectivity index (χ1v) is 6.16. The normalized spacial score (nSPS) is 9.83. The van der Waals surface area contributed by atoms with E-state index in [1.54, 1.807) is 6.07 Å². The quantitative estimate of drug-likeness (QED) is 0.904. The molecule has 1 N–H and O–H groups in total. The second-order valence-corrected chi connectivity index (χ2v) is 4.16. The summed E-state index contributed by atoms with van der Waals surface area (Å²) in [5.41, 5.74) is 0.436. The molecule has 1 amide bonds. The van der Waals surface area contributed by atoms with Crippen LogP contribution in [0.15, 0.2) is 10.5 Å². The Morgan fingerprint density at radius 1 is 1.22 bits per heavy atom. The molecule has 1 aromatic rings. The minimum Gasteiger partial charge on any atom is -0.493 e. The van der Waals surface area contributed by atoms with E-state index in [2.05, 4.69) is 21.2 Å². The van der Waals surface area contributed by atoms with Crippen LogP contribution in [-0.2, 0) is 0 Å². The zero-order chi connectivity index (χ0) is 13.7. The number of carbonyl (C=O) groups excluding carboxylic acids is 1. The molecule has 0 aliphatic heterocycles. The molecule has 0 fully saturated rings. The van der Waals surface area contributed by atoms with Crippen LogP contribution in [-0.4, -0.2) is 33.8 Å². The lowest BCUT2D eigenvalue weighted by molar-refractivity contribution is 0.0954. The number of amides is 1. The van der Waals surface area contributed by atoms with E-state index in [0.29, 0.717) is 33.8 Å². The molecule has 0 saturated carbocycles. The van der Waals surface area contributed by atoms with E-state index in [1.807, 2.05) is 6.92 Å². The van der Waals surface area contributed by atoms with Crippen LogP contribution < -0.4 is 19.5 Å². The average molecular weight is 318 g/mol. The molecule has 0 aliphatic carbocycles. The lowest BCUT2D eigenvalue weighted by Gasteiger charge is -2.16. The number of nitrogens with one attached hydrogen (secondary N) is 1. The maximum atomic E-state index is 11.9. The zero-order valence-electron chi connectivity index (χ0n) is 10.8. The van der Waals surface area contributed by atoms with Crippen molar-refractivity contribution in [2.45, 2.75) is 6.92 Å². The van der Waals surface area contributed by atoms with Gasteiger partial charge in [-0.15, -0.1) is 0 Å². The lowest BCUT2D eigenvalue weighted by atomic mass is 10.1. The molecule has 5 nitrogen and oxygen atoms in total. The summed E-state index contributed by atoms with van der Waals surface area (Å²) < 4.78 is 16.2. The largest absolute Gasteiger partial charge is 0.493 e. The van der Waals surface area contributed by atoms with Gasteiger partial charge in [-0.05, 0) is 28.9 Å². The van der Waals surface area contributed by atoms with Gasteiger partial charge in [-0.2, -0.15) is 0 Å². The van der Waals surface area contributed by atoms with Gasteiger partial charge in [-0.1, -0.05) is 0 Å². The number of hydrogen-bond acceptors (Lipinski definition) is 4. The van der Waals surface area contributed by atoms with Crippen molar-refractivity contribution >= 4 is 21.8 Å². The predicted octanol–water partition coefficient (Wildman–Crippen LogP) is 2.22. The highest BCUT2D eigenvalue weighted by molar-refractivity contribution is 9.10. The van der Waals surface area contributed by atoms with Crippen LogP contribution in [0.1, 0.15) is 17.3 Å². The molecule has 18 heavy (non-hydrogen) atoms. The Hall–Kier alpha value is -1.43. The topological polar surface area (TPSA) is 56.8 Å². The molecule has 0 unspecified atom stereocenters. The van der Waals surface area contributed by atoms with Gasteiger partial charge in [-0.3, -0.25) is 4.79 Å². The molecule has 0 aromatic heterocycles. The van der Waals surface area contributed by atoms with E-state index in [9.17, 15) is 4.79 Å². The van der Waals surface area contributed by atoms with E-state index in [1.165, 1.54) is 21.3 Å². The molecular formula is C12H16BrNO4. The molecule has 0 aliphatic rings.